The van der Waals surface area contributed by atoms with Crippen molar-refractivity contribution in [3.8, 4) is 11.8 Å². The van der Waals surface area contributed by atoms with E-state index in [2.05, 4.69) is 20.9 Å². The number of aromatic nitrogens is 1. The molecule has 1 saturated heterocycles. The quantitative estimate of drug-likeness (QED) is 0.448. The lowest BCUT2D eigenvalue weighted by Gasteiger charge is -2.37. The summed E-state index contributed by atoms with van der Waals surface area (Å²) in [6, 6.07) is 2.73. The van der Waals surface area contributed by atoms with Crippen molar-refractivity contribution in [3.05, 3.63) is 42.4 Å². The van der Waals surface area contributed by atoms with Gasteiger partial charge in [0.2, 0.25) is 17.6 Å². The van der Waals surface area contributed by atoms with Crippen molar-refractivity contribution >= 4 is 29.3 Å². The molecule has 1 saturated carbocycles. The molecule has 2 fully saturated rings. The van der Waals surface area contributed by atoms with E-state index in [1.54, 1.807) is 20.8 Å². The number of halogens is 1. The smallest absolute Gasteiger partial charge is 0.289 e. The number of nitrogens with one attached hydrogen (secondary N) is 3. The lowest BCUT2D eigenvalue weighted by Crippen LogP contribution is -2.60. The van der Waals surface area contributed by atoms with Crippen molar-refractivity contribution in [2.75, 3.05) is 11.9 Å². The summed E-state index contributed by atoms with van der Waals surface area (Å²) < 4.78 is 24.3. The summed E-state index contributed by atoms with van der Waals surface area (Å²) in [6.07, 6.45) is 1.10. The lowest BCUT2D eigenvalue weighted by molar-refractivity contribution is -0.144. The van der Waals surface area contributed by atoms with Crippen LogP contribution in [-0.4, -0.2) is 64.3 Å². The number of nitrogens with zero attached hydrogens (tertiary/aromatic N) is 3. The Labute approximate surface area is 242 Å². The molecule has 3 heterocycles. The molecule has 0 bridgehead atoms. The summed E-state index contributed by atoms with van der Waals surface area (Å²) in [7, 11) is 0. The van der Waals surface area contributed by atoms with Gasteiger partial charge in [-0.25, -0.2) is 9.37 Å². The molecule has 0 spiro atoms. The second kappa shape index (κ2) is 10.4. The van der Waals surface area contributed by atoms with E-state index in [0.29, 0.717) is 6.54 Å². The summed E-state index contributed by atoms with van der Waals surface area (Å²) in [4.78, 5) is 58.3. The van der Waals surface area contributed by atoms with Crippen molar-refractivity contribution < 1.29 is 32.7 Å². The molecular weight excluding hydrogens is 547 g/mol. The van der Waals surface area contributed by atoms with Gasteiger partial charge in [-0.15, -0.1) is 0 Å². The average Bonchev–Trinajstić information content (AvgIpc) is 3.37. The van der Waals surface area contributed by atoms with Gasteiger partial charge in [0, 0.05) is 19.0 Å². The first-order valence-corrected chi connectivity index (χ1v) is 13.7. The first-order valence-electron chi connectivity index (χ1n) is 13.7. The first kappa shape index (κ1) is 29.0. The van der Waals surface area contributed by atoms with Crippen LogP contribution in [-0.2, 0) is 14.4 Å². The maximum Gasteiger partial charge on any atom is 0.289 e. The molecule has 3 aliphatic rings. The molecule has 0 radical (unpaired) electrons. The van der Waals surface area contributed by atoms with E-state index in [9.17, 15) is 28.8 Å². The lowest BCUT2D eigenvalue weighted by atomic mass is 9.85. The van der Waals surface area contributed by atoms with Crippen molar-refractivity contribution in [1.82, 2.24) is 20.5 Å². The van der Waals surface area contributed by atoms with Crippen molar-refractivity contribution in [2.24, 2.45) is 22.7 Å². The zero-order valence-electron chi connectivity index (χ0n) is 23.9. The molecule has 2 unspecified atom stereocenters. The SMILES string of the molecule is CC(C)(C)C(NC(=O)c1cnco1)C(=O)N1C[C@H]2[C@@H]([C@H]1C(=O)NC(C#N)C[C@@H]1Oc3ccc(F)cc3NC1=O)C2(C)C. The molecule has 3 N–H and O–H groups in total. The van der Waals surface area contributed by atoms with E-state index in [-0.39, 0.29) is 40.9 Å². The molecule has 5 rings (SSSR count). The van der Waals surface area contributed by atoms with Crippen LogP contribution in [0.25, 0.3) is 0 Å². The minimum absolute atomic E-state index is 0.0460. The maximum absolute atomic E-state index is 14.0. The molecule has 42 heavy (non-hydrogen) atoms. The number of fused-ring (bicyclic) bond motifs is 2. The van der Waals surface area contributed by atoms with E-state index in [1.807, 2.05) is 19.9 Å². The van der Waals surface area contributed by atoms with Crippen LogP contribution in [0.4, 0.5) is 10.1 Å². The van der Waals surface area contributed by atoms with Gasteiger partial charge in [-0.1, -0.05) is 34.6 Å². The predicted octanol–water partition coefficient (Wildman–Crippen LogP) is 2.24. The van der Waals surface area contributed by atoms with Crippen LogP contribution in [0.1, 0.15) is 51.6 Å². The van der Waals surface area contributed by atoms with Gasteiger partial charge in [0.25, 0.3) is 11.8 Å². The van der Waals surface area contributed by atoms with Gasteiger partial charge in [0.1, 0.15) is 29.7 Å². The molecule has 13 heteroatoms. The van der Waals surface area contributed by atoms with E-state index < -0.39 is 59.1 Å². The minimum Gasteiger partial charge on any atom is -0.478 e. The number of hydrogen-bond acceptors (Lipinski definition) is 8. The summed E-state index contributed by atoms with van der Waals surface area (Å²) >= 11 is 0. The second-order valence-electron chi connectivity index (χ2n) is 12.7. The summed E-state index contributed by atoms with van der Waals surface area (Å²) in [5.74, 6) is -2.55. The van der Waals surface area contributed by atoms with Crippen molar-refractivity contribution in [2.45, 2.75) is 65.3 Å². The topological polar surface area (TPSA) is 167 Å². The van der Waals surface area contributed by atoms with Crippen LogP contribution in [0.3, 0.4) is 0 Å². The van der Waals surface area contributed by atoms with Gasteiger partial charge < -0.3 is 30.0 Å². The Hall–Kier alpha value is -4.47. The third-order valence-corrected chi connectivity index (χ3v) is 8.49. The number of anilines is 1. The minimum atomic E-state index is -1.11. The van der Waals surface area contributed by atoms with Gasteiger partial charge in [-0.2, -0.15) is 5.26 Å². The fraction of sp³-hybridized carbons (Fsp3) is 0.517. The molecule has 4 amide bonds. The molecule has 6 atom stereocenters. The van der Waals surface area contributed by atoms with Crippen LogP contribution < -0.4 is 20.7 Å². The maximum atomic E-state index is 14.0. The molecule has 222 valence electrons. The number of nitriles is 1. The number of ether oxygens (including phenoxy) is 1. The predicted molar refractivity (Wildman–Crippen MR) is 145 cm³/mol. The zero-order valence-corrected chi connectivity index (χ0v) is 23.9. The fourth-order valence-electron chi connectivity index (χ4n) is 6.05. The number of amides is 4. The van der Waals surface area contributed by atoms with Crippen LogP contribution >= 0.6 is 0 Å². The van der Waals surface area contributed by atoms with Crippen molar-refractivity contribution in [3.63, 3.8) is 0 Å². The Kier molecular flexibility index (Phi) is 7.20. The number of rotatable bonds is 7. The van der Waals surface area contributed by atoms with Crippen molar-refractivity contribution in [1.29, 1.82) is 5.26 Å². The number of piperidine rings is 1. The average molecular weight is 581 g/mol. The van der Waals surface area contributed by atoms with Gasteiger partial charge >= 0.3 is 0 Å². The van der Waals surface area contributed by atoms with Crippen LogP contribution in [0, 0.1) is 39.8 Å². The molecule has 1 aliphatic carbocycles. The Morgan fingerprint density at radius 2 is 2.02 bits per heavy atom. The highest BCUT2D eigenvalue weighted by Crippen LogP contribution is 2.65. The summed E-state index contributed by atoms with van der Waals surface area (Å²) in [5.41, 5.74) is -0.734. The van der Waals surface area contributed by atoms with Crippen LogP contribution in [0.5, 0.6) is 5.75 Å². The summed E-state index contributed by atoms with van der Waals surface area (Å²) in [5, 5.41) is 17.9. The van der Waals surface area contributed by atoms with E-state index in [4.69, 9.17) is 9.15 Å². The molecular formula is C29H33FN6O6. The number of likely N-dealkylation sites (tertiary alicyclic amines) is 1. The highest BCUT2D eigenvalue weighted by molar-refractivity contribution is 5.99. The number of carbonyl (C=O) groups excluding carboxylic acids is 4. The second-order valence-corrected chi connectivity index (χ2v) is 12.7. The molecule has 12 nitrogen and oxygen atoms in total. The monoisotopic (exact) mass is 580 g/mol. The van der Waals surface area contributed by atoms with Gasteiger partial charge in [-0.3, -0.25) is 19.2 Å². The third kappa shape index (κ3) is 5.29. The Balaban J connectivity index is 1.32. The molecule has 1 aromatic carbocycles. The number of oxazole rings is 1. The molecule has 1 aromatic heterocycles. The Bertz CT molecular complexity index is 1460. The standard InChI is InChI=1S/C29H33FN6O6/c1-28(2,3)23(35-25(38)20-11-32-13-41-20)27(40)36-12-16-21(29(16,4)5)22(36)26(39)33-15(10-31)9-19-24(37)34-17-8-14(30)6-7-18(17)42-19/h6-8,11,13,15-16,19,21-23H,9,12H2,1-5H3,(H,33,39)(H,34,37)(H,35,38)/t15?,16-,19-,21-,22-,23?/m0/s1. The fourth-order valence-corrected chi connectivity index (χ4v) is 6.05. The molecule has 2 aliphatic heterocycles. The first-order chi connectivity index (χ1) is 19.7. The van der Waals surface area contributed by atoms with E-state index in [1.165, 1.54) is 23.2 Å². The van der Waals surface area contributed by atoms with Gasteiger partial charge in [0.05, 0.1) is 18.0 Å². The van der Waals surface area contributed by atoms with Crippen LogP contribution in [0.15, 0.2) is 35.2 Å². The number of benzene rings is 1. The number of carbonyl (C=O) groups is 4. The summed E-state index contributed by atoms with van der Waals surface area (Å²) in [6.45, 7) is 9.79. The normalized spacial score (nSPS) is 25.1. The Morgan fingerprint density at radius 3 is 2.67 bits per heavy atom. The van der Waals surface area contributed by atoms with Gasteiger partial charge in [0.15, 0.2) is 12.5 Å². The highest BCUT2D eigenvalue weighted by Gasteiger charge is 2.69. The van der Waals surface area contributed by atoms with Gasteiger partial charge in [-0.05, 0) is 34.8 Å². The Morgan fingerprint density at radius 1 is 1.29 bits per heavy atom. The largest absolute Gasteiger partial charge is 0.478 e. The third-order valence-electron chi connectivity index (χ3n) is 8.49. The molecule has 2 aromatic rings. The van der Waals surface area contributed by atoms with E-state index >= 15 is 0 Å². The van der Waals surface area contributed by atoms with Crippen LogP contribution in [0.2, 0.25) is 0 Å². The highest BCUT2D eigenvalue weighted by atomic mass is 19.1. The number of hydrogen-bond donors (Lipinski definition) is 3. The van der Waals surface area contributed by atoms with E-state index in [0.717, 1.165) is 12.5 Å². The zero-order chi connectivity index (χ0) is 30.6.